The summed E-state index contributed by atoms with van der Waals surface area (Å²) in [4.78, 5) is 33.0. The van der Waals surface area contributed by atoms with Gasteiger partial charge in [-0.2, -0.15) is 0 Å². The summed E-state index contributed by atoms with van der Waals surface area (Å²) >= 11 is 0. The van der Waals surface area contributed by atoms with Gasteiger partial charge in [0.1, 0.15) is 6.54 Å². The van der Waals surface area contributed by atoms with Crippen LogP contribution < -0.4 is 19.7 Å². The standard InChI is InChI=1S/C27H27N3O4/c1-18-21(15-19-9-5-4-6-10-19)27(32)30(23-12-8-7-11-22(23)28-18)17-26(31)29-20-13-14-24(33-2)25(16-20)34-3/h4-14,16,21H,15,17H2,1-3H3,(H,29,31). The summed E-state index contributed by atoms with van der Waals surface area (Å²) in [6, 6.07) is 22.3. The Balaban J connectivity index is 1.60. The van der Waals surface area contributed by atoms with E-state index in [0.29, 0.717) is 35.0 Å². The number of methoxy groups -OCH3 is 2. The minimum Gasteiger partial charge on any atom is -0.493 e. The molecular weight excluding hydrogens is 430 g/mol. The number of ether oxygens (including phenoxy) is 2. The first-order chi connectivity index (χ1) is 16.5. The van der Waals surface area contributed by atoms with Crippen LogP contribution in [0.15, 0.2) is 77.8 Å². The molecule has 0 fully saturated rings. The number of aliphatic imine (C=N–C) groups is 1. The zero-order valence-electron chi connectivity index (χ0n) is 19.4. The molecule has 0 spiro atoms. The lowest BCUT2D eigenvalue weighted by molar-refractivity contribution is -0.123. The Morgan fingerprint density at radius 2 is 1.68 bits per heavy atom. The quantitative estimate of drug-likeness (QED) is 0.561. The van der Waals surface area contributed by atoms with Gasteiger partial charge in [-0.05, 0) is 43.2 Å². The van der Waals surface area contributed by atoms with Gasteiger partial charge in [0, 0.05) is 17.5 Å². The molecule has 0 radical (unpaired) electrons. The minimum atomic E-state index is -0.469. The Hall–Kier alpha value is -4.13. The monoisotopic (exact) mass is 457 g/mol. The summed E-state index contributed by atoms with van der Waals surface area (Å²) in [5.74, 6) is 0.117. The third-order valence-electron chi connectivity index (χ3n) is 5.79. The van der Waals surface area contributed by atoms with Gasteiger partial charge >= 0.3 is 0 Å². The van der Waals surface area contributed by atoms with Crippen LogP contribution in [0.5, 0.6) is 11.5 Å². The summed E-state index contributed by atoms with van der Waals surface area (Å²) in [5, 5.41) is 2.86. The topological polar surface area (TPSA) is 80.2 Å². The zero-order chi connectivity index (χ0) is 24.1. The summed E-state index contributed by atoms with van der Waals surface area (Å²) in [5.41, 5.74) is 3.60. The molecule has 0 bridgehead atoms. The molecule has 0 aromatic heterocycles. The number of rotatable bonds is 7. The Morgan fingerprint density at radius 1 is 0.971 bits per heavy atom. The largest absolute Gasteiger partial charge is 0.493 e. The van der Waals surface area contributed by atoms with Gasteiger partial charge in [0.25, 0.3) is 0 Å². The van der Waals surface area contributed by atoms with E-state index in [0.717, 1.165) is 11.3 Å². The number of anilines is 2. The van der Waals surface area contributed by atoms with Crippen LogP contribution in [-0.4, -0.2) is 38.3 Å². The Kier molecular flexibility index (Phi) is 6.92. The molecule has 0 saturated carbocycles. The van der Waals surface area contributed by atoms with Crippen molar-refractivity contribution in [3.63, 3.8) is 0 Å². The number of hydrogen-bond donors (Lipinski definition) is 1. The molecule has 0 aliphatic carbocycles. The summed E-state index contributed by atoms with van der Waals surface area (Å²) in [6.45, 7) is 1.73. The van der Waals surface area contributed by atoms with Gasteiger partial charge in [0.15, 0.2) is 11.5 Å². The molecule has 3 aromatic rings. The summed E-state index contributed by atoms with van der Waals surface area (Å²) in [7, 11) is 3.08. The van der Waals surface area contributed by atoms with E-state index in [1.54, 1.807) is 25.3 Å². The fourth-order valence-electron chi connectivity index (χ4n) is 4.05. The van der Waals surface area contributed by atoms with Crippen LogP contribution in [0.4, 0.5) is 17.1 Å². The number of carbonyl (C=O) groups is 2. The second-order valence-electron chi connectivity index (χ2n) is 8.03. The first kappa shape index (κ1) is 23.0. The molecule has 7 heteroatoms. The molecule has 1 heterocycles. The maximum Gasteiger partial charge on any atom is 0.244 e. The SMILES string of the molecule is COc1ccc(NC(=O)CN2C(=O)C(Cc3ccccc3)C(C)=Nc3ccccc32)cc1OC. The average molecular weight is 458 g/mol. The van der Waals surface area contributed by atoms with Crippen LogP contribution in [0.25, 0.3) is 0 Å². The summed E-state index contributed by atoms with van der Waals surface area (Å²) in [6.07, 6.45) is 0.511. The van der Waals surface area contributed by atoms with E-state index < -0.39 is 5.92 Å². The maximum absolute atomic E-state index is 13.7. The van der Waals surface area contributed by atoms with Crippen molar-refractivity contribution in [2.75, 3.05) is 31.0 Å². The van der Waals surface area contributed by atoms with Gasteiger partial charge in [0.05, 0.1) is 31.5 Å². The highest BCUT2D eigenvalue weighted by Gasteiger charge is 2.33. The lowest BCUT2D eigenvalue weighted by Crippen LogP contribution is -2.43. The van der Waals surface area contributed by atoms with E-state index in [-0.39, 0.29) is 18.4 Å². The molecule has 34 heavy (non-hydrogen) atoms. The number of fused-ring (bicyclic) bond motifs is 1. The molecule has 1 N–H and O–H groups in total. The van der Waals surface area contributed by atoms with E-state index in [2.05, 4.69) is 5.32 Å². The second-order valence-corrected chi connectivity index (χ2v) is 8.03. The summed E-state index contributed by atoms with van der Waals surface area (Å²) < 4.78 is 10.6. The molecule has 3 aromatic carbocycles. The molecule has 7 nitrogen and oxygen atoms in total. The zero-order valence-corrected chi connectivity index (χ0v) is 19.4. The molecule has 4 rings (SSSR count). The number of carbonyl (C=O) groups excluding carboxylic acids is 2. The lowest BCUT2D eigenvalue weighted by Gasteiger charge is -2.25. The molecular formula is C27H27N3O4. The van der Waals surface area contributed by atoms with E-state index in [1.807, 2.05) is 61.5 Å². The van der Waals surface area contributed by atoms with Gasteiger partial charge < -0.3 is 19.7 Å². The fraction of sp³-hybridized carbons (Fsp3) is 0.222. The van der Waals surface area contributed by atoms with E-state index >= 15 is 0 Å². The van der Waals surface area contributed by atoms with Crippen molar-refractivity contribution >= 4 is 34.6 Å². The predicted molar refractivity (Wildman–Crippen MR) is 133 cm³/mol. The highest BCUT2D eigenvalue weighted by Crippen LogP contribution is 2.34. The van der Waals surface area contributed by atoms with Crippen LogP contribution in [-0.2, 0) is 16.0 Å². The molecule has 0 saturated heterocycles. The first-order valence-corrected chi connectivity index (χ1v) is 11.0. The van der Waals surface area contributed by atoms with Gasteiger partial charge in [-0.1, -0.05) is 42.5 Å². The van der Waals surface area contributed by atoms with Crippen molar-refractivity contribution in [3.05, 3.63) is 78.4 Å². The van der Waals surface area contributed by atoms with Gasteiger partial charge in [-0.3, -0.25) is 14.6 Å². The van der Waals surface area contributed by atoms with Crippen molar-refractivity contribution in [2.45, 2.75) is 13.3 Å². The van der Waals surface area contributed by atoms with Crippen LogP contribution in [0, 0.1) is 5.92 Å². The average Bonchev–Trinajstić information content (AvgIpc) is 2.95. The van der Waals surface area contributed by atoms with Gasteiger partial charge in [-0.15, -0.1) is 0 Å². The number of hydrogen-bond acceptors (Lipinski definition) is 5. The fourth-order valence-corrected chi connectivity index (χ4v) is 4.05. The number of nitrogens with zero attached hydrogens (tertiary/aromatic N) is 2. The first-order valence-electron chi connectivity index (χ1n) is 11.0. The minimum absolute atomic E-state index is 0.141. The molecule has 1 aliphatic rings. The number of amides is 2. The van der Waals surface area contributed by atoms with Crippen molar-refractivity contribution in [1.82, 2.24) is 0 Å². The molecule has 1 aliphatic heterocycles. The third-order valence-corrected chi connectivity index (χ3v) is 5.79. The predicted octanol–water partition coefficient (Wildman–Crippen LogP) is 4.64. The molecule has 2 amide bonds. The normalized spacial score (nSPS) is 15.1. The smallest absolute Gasteiger partial charge is 0.244 e. The second kappa shape index (κ2) is 10.2. The maximum atomic E-state index is 13.7. The number of benzene rings is 3. The van der Waals surface area contributed by atoms with Crippen molar-refractivity contribution < 1.29 is 19.1 Å². The van der Waals surface area contributed by atoms with Crippen molar-refractivity contribution in [2.24, 2.45) is 10.9 Å². The Labute approximate surface area is 199 Å². The lowest BCUT2D eigenvalue weighted by atomic mass is 9.94. The number of nitrogens with one attached hydrogen (secondary N) is 1. The Morgan fingerprint density at radius 3 is 2.41 bits per heavy atom. The van der Waals surface area contributed by atoms with E-state index in [9.17, 15) is 9.59 Å². The van der Waals surface area contributed by atoms with Gasteiger partial charge in [0.2, 0.25) is 11.8 Å². The van der Waals surface area contributed by atoms with Crippen LogP contribution in [0.2, 0.25) is 0 Å². The molecule has 174 valence electrons. The van der Waals surface area contributed by atoms with Crippen molar-refractivity contribution in [1.29, 1.82) is 0 Å². The third kappa shape index (κ3) is 4.93. The van der Waals surface area contributed by atoms with E-state index in [4.69, 9.17) is 14.5 Å². The van der Waals surface area contributed by atoms with Gasteiger partial charge in [-0.25, -0.2) is 0 Å². The Bertz CT molecular complexity index is 1220. The van der Waals surface area contributed by atoms with Crippen LogP contribution in [0.3, 0.4) is 0 Å². The van der Waals surface area contributed by atoms with Crippen LogP contribution in [0.1, 0.15) is 12.5 Å². The number of para-hydroxylation sites is 2. The van der Waals surface area contributed by atoms with Crippen LogP contribution >= 0.6 is 0 Å². The molecule has 1 atom stereocenters. The highest BCUT2D eigenvalue weighted by atomic mass is 16.5. The molecule has 1 unspecified atom stereocenters. The highest BCUT2D eigenvalue weighted by molar-refractivity contribution is 6.15. The van der Waals surface area contributed by atoms with E-state index in [1.165, 1.54) is 12.0 Å². The van der Waals surface area contributed by atoms with Crippen molar-refractivity contribution in [3.8, 4) is 11.5 Å².